The highest BCUT2D eigenvalue weighted by molar-refractivity contribution is 7.12. The predicted octanol–water partition coefficient (Wildman–Crippen LogP) is 3.32. The molecule has 1 N–H and O–H groups in total. The van der Waals surface area contributed by atoms with E-state index in [0.717, 1.165) is 11.9 Å². The number of anilines is 1. The number of thiophene rings is 1. The van der Waals surface area contributed by atoms with Gasteiger partial charge >= 0.3 is 5.76 Å². The molecule has 108 valence electrons. The van der Waals surface area contributed by atoms with Gasteiger partial charge in [0.15, 0.2) is 5.58 Å². The number of amides is 1. The summed E-state index contributed by atoms with van der Waals surface area (Å²) < 4.78 is 6.82. The van der Waals surface area contributed by atoms with Crippen molar-refractivity contribution >= 4 is 34.0 Å². The molecule has 1 aromatic carbocycles. The molecule has 3 rings (SSSR count). The lowest BCUT2D eigenvalue weighted by molar-refractivity contribution is 0.103. The number of benzene rings is 1. The number of aromatic nitrogens is 1. The zero-order valence-electron chi connectivity index (χ0n) is 11.5. The normalized spacial score (nSPS) is 10.9. The number of oxazole rings is 1. The lowest BCUT2D eigenvalue weighted by Crippen LogP contribution is -2.13. The van der Waals surface area contributed by atoms with E-state index in [9.17, 15) is 9.59 Å². The topological polar surface area (TPSA) is 64.2 Å². The lowest BCUT2D eigenvalue weighted by atomic mass is 10.2. The molecule has 0 fully saturated rings. The van der Waals surface area contributed by atoms with Crippen LogP contribution in [0, 0.1) is 0 Å². The predicted molar refractivity (Wildman–Crippen MR) is 83.0 cm³/mol. The Bertz CT molecular complexity index is 830. The quantitative estimate of drug-likeness (QED) is 0.804. The SMILES string of the molecule is CCCn1c(=O)oc2cc(NC(=O)c3cccs3)ccc21. The molecule has 3 aromatic rings. The maximum Gasteiger partial charge on any atom is 0.419 e. The first kappa shape index (κ1) is 13.6. The Morgan fingerprint density at radius 2 is 2.24 bits per heavy atom. The largest absolute Gasteiger partial charge is 0.419 e. The van der Waals surface area contributed by atoms with E-state index >= 15 is 0 Å². The van der Waals surface area contributed by atoms with Crippen LogP contribution >= 0.6 is 11.3 Å². The minimum absolute atomic E-state index is 0.167. The van der Waals surface area contributed by atoms with Gasteiger partial charge in [0.2, 0.25) is 0 Å². The fourth-order valence-corrected chi connectivity index (χ4v) is 2.80. The summed E-state index contributed by atoms with van der Waals surface area (Å²) in [5.41, 5.74) is 1.84. The Labute approximate surface area is 124 Å². The van der Waals surface area contributed by atoms with Gasteiger partial charge in [-0.25, -0.2) is 4.79 Å². The molecule has 2 heterocycles. The molecule has 21 heavy (non-hydrogen) atoms. The van der Waals surface area contributed by atoms with Crippen LogP contribution in [-0.2, 0) is 6.54 Å². The lowest BCUT2D eigenvalue weighted by Gasteiger charge is -2.04. The summed E-state index contributed by atoms with van der Waals surface area (Å²) >= 11 is 1.38. The molecule has 6 heteroatoms. The molecule has 0 bridgehead atoms. The maximum absolute atomic E-state index is 12.0. The van der Waals surface area contributed by atoms with Crippen LogP contribution in [0.5, 0.6) is 0 Å². The molecule has 0 atom stereocenters. The highest BCUT2D eigenvalue weighted by Crippen LogP contribution is 2.20. The molecule has 0 radical (unpaired) electrons. The number of carbonyl (C=O) groups excluding carboxylic acids is 1. The van der Waals surface area contributed by atoms with Gasteiger partial charge in [0.05, 0.1) is 10.4 Å². The number of rotatable bonds is 4. The summed E-state index contributed by atoms with van der Waals surface area (Å²) in [6.07, 6.45) is 0.853. The number of carbonyl (C=O) groups is 1. The maximum atomic E-state index is 12.0. The second-order valence-corrected chi connectivity index (χ2v) is 5.58. The Morgan fingerprint density at radius 1 is 1.38 bits per heavy atom. The summed E-state index contributed by atoms with van der Waals surface area (Å²) in [6.45, 7) is 2.62. The second-order valence-electron chi connectivity index (χ2n) is 4.63. The number of fused-ring (bicyclic) bond motifs is 1. The van der Waals surface area contributed by atoms with E-state index in [-0.39, 0.29) is 11.7 Å². The number of nitrogens with zero attached hydrogens (tertiary/aromatic N) is 1. The van der Waals surface area contributed by atoms with Crippen molar-refractivity contribution in [2.24, 2.45) is 0 Å². The molecule has 0 saturated carbocycles. The van der Waals surface area contributed by atoms with Crippen molar-refractivity contribution < 1.29 is 9.21 Å². The zero-order valence-corrected chi connectivity index (χ0v) is 12.3. The molecule has 0 spiro atoms. The van der Waals surface area contributed by atoms with Gasteiger partial charge in [-0.15, -0.1) is 11.3 Å². The van der Waals surface area contributed by atoms with Gasteiger partial charge < -0.3 is 9.73 Å². The van der Waals surface area contributed by atoms with Crippen LogP contribution in [0.3, 0.4) is 0 Å². The van der Waals surface area contributed by atoms with E-state index in [2.05, 4.69) is 5.32 Å². The molecular weight excluding hydrogens is 288 g/mol. The van der Waals surface area contributed by atoms with Crippen molar-refractivity contribution in [3.63, 3.8) is 0 Å². The molecule has 0 aliphatic heterocycles. The zero-order chi connectivity index (χ0) is 14.8. The summed E-state index contributed by atoms with van der Waals surface area (Å²) in [6, 6.07) is 8.83. The average Bonchev–Trinajstić information content (AvgIpc) is 3.08. The third-order valence-corrected chi connectivity index (χ3v) is 3.99. The van der Waals surface area contributed by atoms with E-state index in [1.54, 1.807) is 28.8 Å². The van der Waals surface area contributed by atoms with E-state index in [4.69, 9.17) is 4.42 Å². The molecular formula is C15H14N2O3S. The Hall–Kier alpha value is -2.34. The minimum Gasteiger partial charge on any atom is -0.408 e. The fourth-order valence-electron chi connectivity index (χ4n) is 2.18. The number of aryl methyl sites for hydroxylation is 1. The number of hydrogen-bond donors (Lipinski definition) is 1. The molecule has 0 saturated heterocycles. The summed E-state index contributed by atoms with van der Waals surface area (Å²) in [4.78, 5) is 24.4. The smallest absolute Gasteiger partial charge is 0.408 e. The Morgan fingerprint density at radius 3 is 2.95 bits per heavy atom. The Kier molecular flexibility index (Phi) is 3.62. The van der Waals surface area contributed by atoms with Gasteiger partial charge in [0.25, 0.3) is 5.91 Å². The standard InChI is InChI=1S/C15H14N2O3S/c1-2-7-17-11-6-5-10(9-12(11)20-15(17)19)16-14(18)13-4-3-8-21-13/h3-6,8-9H,2,7H2,1H3,(H,16,18). The monoisotopic (exact) mass is 302 g/mol. The Balaban J connectivity index is 1.91. The third kappa shape index (κ3) is 2.62. The molecule has 5 nitrogen and oxygen atoms in total. The first-order chi connectivity index (χ1) is 10.2. The summed E-state index contributed by atoms with van der Waals surface area (Å²) in [5.74, 6) is -0.534. The molecule has 1 amide bonds. The second kappa shape index (κ2) is 5.57. The van der Waals surface area contributed by atoms with Gasteiger partial charge in [-0.2, -0.15) is 0 Å². The highest BCUT2D eigenvalue weighted by Gasteiger charge is 2.11. The van der Waals surface area contributed by atoms with Gasteiger partial charge in [-0.1, -0.05) is 13.0 Å². The van der Waals surface area contributed by atoms with E-state index in [0.29, 0.717) is 22.7 Å². The van der Waals surface area contributed by atoms with Crippen molar-refractivity contribution in [1.29, 1.82) is 0 Å². The number of hydrogen-bond acceptors (Lipinski definition) is 4. The van der Waals surface area contributed by atoms with Gasteiger partial charge in [0, 0.05) is 18.3 Å². The van der Waals surface area contributed by atoms with Crippen LogP contribution in [0.15, 0.2) is 44.9 Å². The van der Waals surface area contributed by atoms with Gasteiger partial charge in [0.1, 0.15) is 0 Å². The van der Waals surface area contributed by atoms with Crippen molar-refractivity contribution in [3.8, 4) is 0 Å². The first-order valence-corrected chi connectivity index (χ1v) is 7.55. The summed E-state index contributed by atoms with van der Waals surface area (Å²) in [5, 5.41) is 4.65. The minimum atomic E-state index is -0.367. The third-order valence-electron chi connectivity index (χ3n) is 3.12. The molecule has 0 aliphatic rings. The van der Waals surface area contributed by atoms with Crippen LogP contribution in [0.2, 0.25) is 0 Å². The van der Waals surface area contributed by atoms with Crippen LogP contribution in [0.4, 0.5) is 5.69 Å². The highest BCUT2D eigenvalue weighted by atomic mass is 32.1. The molecule has 2 aromatic heterocycles. The van der Waals surface area contributed by atoms with Gasteiger partial charge in [-0.05, 0) is 30.0 Å². The first-order valence-electron chi connectivity index (χ1n) is 6.67. The van der Waals surface area contributed by atoms with Crippen molar-refractivity contribution in [1.82, 2.24) is 4.57 Å². The molecule has 0 unspecified atom stereocenters. The van der Waals surface area contributed by atoms with Crippen LogP contribution in [0.1, 0.15) is 23.0 Å². The summed E-state index contributed by atoms with van der Waals surface area (Å²) in [7, 11) is 0. The van der Waals surface area contributed by atoms with Crippen LogP contribution < -0.4 is 11.1 Å². The number of nitrogens with one attached hydrogen (secondary N) is 1. The van der Waals surface area contributed by atoms with Crippen molar-refractivity contribution in [2.75, 3.05) is 5.32 Å². The average molecular weight is 302 g/mol. The van der Waals surface area contributed by atoms with E-state index in [1.807, 2.05) is 18.4 Å². The van der Waals surface area contributed by atoms with E-state index < -0.39 is 0 Å². The van der Waals surface area contributed by atoms with Crippen LogP contribution in [0.25, 0.3) is 11.1 Å². The van der Waals surface area contributed by atoms with Crippen LogP contribution in [-0.4, -0.2) is 10.5 Å². The fraction of sp³-hybridized carbons (Fsp3) is 0.200. The van der Waals surface area contributed by atoms with E-state index in [1.165, 1.54) is 11.3 Å². The van der Waals surface area contributed by atoms with Crippen molar-refractivity contribution in [2.45, 2.75) is 19.9 Å². The van der Waals surface area contributed by atoms with Crippen molar-refractivity contribution in [3.05, 3.63) is 51.1 Å². The molecule has 0 aliphatic carbocycles. The van der Waals surface area contributed by atoms with Gasteiger partial charge in [-0.3, -0.25) is 9.36 Å².